The first kappa shape index (κ1) is 21.7. The Morgan fingerprint density at radius 2 is 1.61 bits per heavy atom. The van der Waals surface area contributed by atoms with Crippen molar-refractivity contribution < 1.29 is 19.1 Å². The van der Waals surface area contributed by atoms with E-state index in [1.165, 1.54) is 25.8 Å². The van der Waals surface area contributed by atoms with Gasteiger partial charge in [0, 0.05) is 23.7 Å². The number of thioether (sulfide) groups is 1. The number of ether oxygens (including phenoxy) is 2. The second-order valence-corrected chi connectivity index (χ2v) is 7.21. The molecule has 2 aromatic rings. The third-order valence-corrected chi connectivity index (χ3v) is 4.95. The Kier molecular flexibility index (Phi) is 8.77. The van der Waals surface area contributed by atoms with E-state index in [4.69, 9.17) is 21.7 Å². The van der Waals surface area contributed by atoms with E-state index in [1.807, 2.05) is 18.2 Å². The van der Waals surface area contributed by atoms with Crippen molar-refractivity contribution in [2.24, 2.45) is 0 Å². The minimum atomic E-state index is -0.551. The van der Waals surface area contributed by atoms with Gasteiger partial charge in [-0.3, -0.25) is 0 Å². The van der Waals surface area contributed by atoms with E-state index < -0.39 is 11.9 Å². The Morgan fingerprint density at radius 3 is 2.18 bits per heavy atom. The maximum Gasteiger partial charge on any atom is 0.337 e. The Morgan fingerprint density at radius 1 is 1.00 bits per heavy atom. The number of carbonyl (C=O) groups is 2. The van der Waals surface area contributed by atoms with Gasteiger partial charge < -0.3 is 20.1 Å². The number of rotatable bonds is 8. The van der Waals surface area contributed by atoms with Crippen LogP contribution in [0.25, 0.3) is 0 Å². The molecule has 8 heteroatoms. The zero-order valence-electron chi connectivity index (χ0n) is 15.7. The predicted octanol–water partition coefficient (Wildman–Crippen LogP) is 3.48. The number of benzene rings is 2. The highest BCUT2D eigenvalue weighted by Gasteiger charge is 2.14. The molecule has 0 heterocycles. The molecule has 0 radical (unpaired) electrons. The van der Waals surface area contributed by atoms with Crippen molar-refractivity contribution in [2.75, 3.05) is 31.8 Å². The first-order chi connectivity index (χ1) is 13.5. The molecule has 0 aromatic heterocycles. The number of nitrogens with one attached hydrogen (secondary N) is 2. The van der Waals surface area contributed by atoms with Crippen LogP contribution in [0.15, 0.2) is 48.5 Å². The Bertz CT molecular complexity index is 794. The molecule has 0 atom stereocenters. The van der Waals surface area contributed by atoms with Gasteiger partial charge in [0.15, 0.2) is 5.11 Å². The van der Waals surface area contributed by atoms with Gasteiger partial charge in [-0.2, -0.15) is 11.8 Å². The highest BCUT2D eigenvalue weighted by Crippen LogP contribution is 2.17. The first-order valence-corrected chi connectivity index (χ1v) is 10.1. The maximum atomic E-state index is 11.8. The summed E-state index contributed by atoms with van der Waals surface area (Å²) in [4.78, 5) is 23.6. The number of anilines is 1. The normalized spacial score (nSPS) is 10.1. The lowest BCUT2D eigenvalue weighted by molar-refractivity contribution is 0.0599. The minimum absolute atomic E-state index is 0.231. The van der Waals surface area contributed by atoms with E-state index >= 15 is 0 Å². The smallest absolute Gasteiger partial charge is 0.337 e. The monoisotopic (exact) mass is 418 g/mol. The van der Waals surface area contributed by atoms with Gasteiger partial charge in [-0.05, 0) is 36.0 Å². The van der Waals surface area contributed by atoms with Gasteiger partial charge in [0.25, 0.3) is 0 Å². The summed E-state index contributed by atoms with van der Waals surface area (Å²) >= 11 is 7.09. The van der Waals surface area contributed by atoms with Gasteiger partial charge in [0.1, 0.15) is 0 Å². The molecule has 0 saturated carbocycles. The minimum Gasteiger partial charge on any atom is -0.465 e. The summed E-state index contributed by atoms with van der Waals surface area (Å²) in [6.07, 6.45) is 0. The largest absolute Gasteiger partial charge is 0.465 e. The molecule has 28 heavy (non-hydrogen) atoms. The number of esters is 2. The lowest BCUT2D eigenvalue weighted by Crippen LogP contribution is -2.30. The third kappa shape index (κ3) is 6.86. The third-order valence-electron chi connectivity index (χ3n) is 3.68. The van der Waals surface area contributed by atoms with Crippen LogP contribution in [0.4, 0.5) is 5.69 Å². The SMILES string of the molecule is COC(=O)c1cc(NC(=S)NCCSCc2ccccc2)cc(C(=O)OC)c1. The summed E-state index contributed by atoms with van der Waals surface area (Å²) < 4.78 is 9.45. The molecule has 2 N–H and O–H groups in total. The molecule has 0 unspecified atom stereocenters. The van der Waals surface area contributed by atoms with Crippen LogP contribution in [0.3, 0.4) is 0 Å². The number of carbonyl (C=O) groups excluding carboxylic acids is 2. The van der Waals surface area contributed by atoms with Crippen LogP contribution in [0, 0.1) is 0 Å². The van der Waals surface area contributed by atoms with E-state index in [2.05, 4.69) is 22.8 Å². The molecule has 148 valence electrons. The highest BCUT2D eigenvalue weighted by atomic mass is 32.2. The molecule has 0 bridgehead atoms. The Hall–Kier alpha value is -2.58. The molecule has 0 aliphatic carbocycles. The molecule has 0 fully saturated rings. The van der Waals surface area contributed by atoms with E-state index in [0.717, 1.165) is 11.5 Å². The van der Waals surface area contributed by atoms with Crippen LogP contribution in [0.5, 0.6) is 0 Å². The van der Waals surface area contributed by atoms with Crippen molar-refractivity contribution in [3.8, 4) is 0 Å². The standard InChI is InChI=1S/C20H22N2O4S2/c1-25-18(23)15-10-16(19(24)26-2)12-17(11-15)22-20(27)21-8-9-28-13-14-6-4-3-5-7-14/h3-7,10-12H,8-9,13H2,1-2H3,(H2,21,22,27). The van der Waals surface area contributed by atoms with Crippen LogP contribution in [-0.4, -0.2) is 43.6 Å². The number of hydrogen-bond acceptors (Lipinski definition) is 6. The first-order valence-electron chi connectivity index (χ1n) is 8.51. The van der Waals surface area contributed by atoms with Crippen LogP contribution in [0.1, 0.15) is 26.3 Å². The van der Waals surface area contributed by atoms with E-state index in [0.29, 0.717) is 17.3 Å². The lowest BCUT2D eigenvalue weighted by Gasteiger charge is -2.12. The molecule has 0 aliphatic rings. The van der Waals surface area contributed by atoms with Crippen molar-refractivity contribution in [1.29, 1.82) is 0 Å². The zero-order valence-corrected chi connectivity index (χ0v) is 17.3. The fourth-order valence-corrected chi connectivity index (χ4v) is 3.39. The second-order valence-electron chi connectivity index (χ2n) is 5.70. The van der Waals surface area contributed by atoms with Gasteiger partial charge in [-0.15, -0.1) is 0 Å². The average molecular weight is 419 g/mol. The molecule has 0 saturated heterocycles. The van der Waals surface area contributed by atoms with Crippen LogP contribution >= 0.6 is 24.0 Å². The molecule has 2 rings (SSSR count). The summed E-state index contributed by atoms with van der Waals surface area (Å²) in [5.74, 6) is 0.716. The summed E-state index contributed by atoms with van der Waals surface area (Å²) in [7, 11) is 2.55. The highest BCUT2D eigenvalue weighted by molar-refractivity contribution is 7.98. The van der Waals surface area contributed by atoms with Crippen molar-refractivity contribution in [2.45, 2.75) is 5.75 Å². The van der Waals surface area contributed by atoms with Crippen molar-refractivity contribution in [1.82, 2.24) is 5.32 Å². The summed E-state index contributed by atoms with van der Waals surface area (Å²) in [6.45, 7) is 0.684. The van der Waals surface area contributed by atoms with E-state index in [1.54, 1.807) is 23.9 Å². The number of thiocarbonyl (C=S) groups is 1. The zero-order chi connectivity index (χ0) is 20.4. The van der Waals surface area contributed by atoms with E-state index in [-0.39, 0.29) is 11.1 Å². The van der Waals surface area contributed by atoms with Gasteiger partial charge in [0.2, 0.25) is 0 Å². The van der Waals surface area contributed by atoms with Gasteiger partial charge in [0.05, 0.1) is 25.3 Å². The topological polar surface area (TPSA) is 76.7 Å². The molecule has 0 aliphatic heterocycles. The summed E-state index contributed by atoms with van der Waals surface area (Å²) in [5, 5.41) is 6.50. The quantitative estimate of drug-likeness (QED) is 0.383. The Labute approximate surface area is 174 Å². The molecule has 6 nitrogen and oxygen atoms in total. The van der Waals surface area contributed by atoms with Gasteiger partial charge in [-0.25, -0.2) is 9.59 Å². The van der Waals surface area contributed by atoms with Crippen LogP contribution < -0.4 is 10.6 Å². The molecular formula is C20H22N2O4S2. The van der Waals surface area contributed by atoms with Crippen molar-refractivity contribution >= 4 is 46.7 Å². The number of hydrogen-bond donors (Lipinski definition) is 2. The van der Waals surface area contributed by atoms with Crippen molar-refractivity contribution in [3.63, 3.8) is 0 Å². The molecular weight excluding hydrogens is 396 g/mol. The van der Waals surface area contributed by atoms with Crippen LogP contribution in [0.2, 0.25) is 0 Å². The predicted molar refractivity (Wildman–Crippen MR) is 116 cm³/mol. The van der Waals surface area contributed by atoms with Gasteiger partial charge >= 0.3 is 11.9 Å². The Balaban J connectivity index is 1.87. The van der Waals surface area contributed by atoms with E-state index in [9.17, 15) is 9.59 Å². The van der Waals surface area contributed by atoms with Gasteiger partial charge in [-0.1, -0.05) is 30.3 Å². The molecule has 2 aromatic carbocycles. The van der Waals surface area contributed by atoms with Crippen molar-refractivity contribution in [3.05, 3.63) is 65.2 Å². The fraction of sp³-hybridized carbons (Fsp3) is 0.250. The fourth-order valence-electron chi connectivity index (χ4n) is 2.35. The second kappa shape index (κ2) is 11.3. The average Bonchev–Trinajstić information content (AvgIpc) is 2.72. The number of methoxy groups -OCH3 is 2. The molecule has 0 spiro atoms. The maximum absolute atomic E-state index is 11.8. The molecule has 0 amide bonds. The summed E-state index contributed by atoms with van der Waals surface area (Å²) in [6, 6.07) is 14.8. The summed E-state index contributed by atoms with van der Waals surface area (Å²) in [5.41, 5.74) is 2.24. The van der Waals surface area contributed by atoms with Crippen LogP contribution in [-0.2, 0) is 15.2 Å². The lowest BCUT2D eigenvalue weighted by atomic mass is 10.1.